The van der Waals surface area contributed by atoms with Crippen LogP contribution in [0.25, 0.3) is 0 Å². The molecular weight excluding hydrogens is 310 g/mol. The van der Waals surface area contributed by atoms with Crippen LogP contribution in [0.5, 0.6) is 0 Å². The van der Waals surface area contributed by atoms with Crippen LogP contribution in [0.3, 0.4) is 0 Å². The highest BCUT2D eigenvalue weighted by atomic mass is 16.1. The minimum absolute atomic E-state index is 0.0821. The number of hydrogen-bond acceptors (Lipinski definition) is 3. The third-order valence-corrected chi connectivity index (χ3v) is 6.52. The molecule has 4 bridgehead atoms. The highest BCUT2D eigenvalue weighted by molar-refractivity contribution is 6.04. The predicted octanol–water partition coefficient (Wildman–Crippen LogP) is 4.20. The second-order valence-corrected chi connectivity index (χ2v) is 8.32. The number of hydrogen-bond donors (Lipinski definition) is 1. The van der Waals surface area contributed by atoms with Crippen LogP contribution in [-0.2, 0) is 5.41 Å². The van der Waals surface area contributed by atoms with Gasteiger partial charge in [-0.25, -0.2) is 0 Å². The summed E-state index contributed by atoms with van der Waals surface area (Å²) in [5.74, 6) is 2.55. The Labute approximate surface area is 148 Å². The number of pyridine rings is 2. The van der Waals surface area contributed by atoms with Crippen molar-refractivity contribution in [2.24, 2.45) is 17.8 Å². The van der Waals surface area contributed by atoms with Gasteiger partial charge in [0.1, 0.15) is 0 Å². The molecule has 0 spiro atoms. The van der Waals surface area contributed by atoms with Crippen molar-refractivity contribution in [2.75, 3.05) is 5.32 Å². The van der Waals surface area contributed by atoms with Gasteiger partial charge in [0.2, 0.25) is 0 Å². The van der Waals surface area contributed by atoms with Crippen molar-refractivity contribution in [3.05, 3.63) is 54.1 Å². The fourth-order valence-corrected chi connectivity index (χ4v) is 5.93. The second kappa shape index (κ2) is 5.65. The summed E-state index contributed by atoms with van der Waals surface area (Å²) in [5, 5.41) is 2.93. The summed E-state index contributed by atoms with van der Waals surface area (Å²) in [6.07, 6.45) is 13.2. The minimum atomic E-state index is -0.0821. The van der Waals surface area contributed by atoms with Crippen LogP contribution in [0.15, 0.2) is 42.9 Å². The van der Waals surface area contributed by atoms with Crippen molar-refractivity contribution < 1.29 is 4.79 Å². The Morgan fingerprint density at radius 1 is 1.04 bits per heavy atom. The summed E-state index contributed by atoms with van der Waals surface area (Å²) in [6.45, 7) is 0. The number of carbonyl (C=O) groups is 1. The average Bonchev–Trinajstić information content (AvgIpc) is 2.61. The van der Waals surface area contributed by atoms with Gasteiger partial charge in [-0.2, -0.15) is 0 Å². The van der Waals surface area contributed by atoms with E-state index in [-0.39, 0.29) is 11.3 Å². The molecule has 1 amide bonds. The first-order valence-electron chi connectivity index (χ1n) is 9.38. The monoisotopic (exact) mass is 333 g/mol. The van der Waals surface area contributed by atoms with Gasteiger partial charge in [0.05, 0.1) is 11.9 Å². The third-order valence-electron chi connectivity index (χ3n) is 6.52. The van der Waals surface area contributed by atoms with Gasteiger partial charge in [-0.05, 0) is 80.5 Å². The Morgan fingerprint density at radius 2 is 1.76 bits per heavy atom. The van der Waals surface area contributed by atoms with E-state index < -0.39 is 0 Å². The number of carbonyl (C=O) groups excluding carboxylic acids is 1. The van der Waals surface area contributed by atoms with Crippen LogP contribution in [0, 0.1) is 17.8 Å². The van der Waals surface area contributed by atoms with Crippen LogP contribution in [0.1, 0.15) is 54.6 Å². The zero-order valence-electron chi connectivity index (χ0n) is 14.3. The maximum absolute atomic E-state index is 12.6. The molecule has 1 N–H and O–H groups in total. The number of amides is 1. The molecular formula is C21H23N3O. The van der Waals surface area contributed by atoms with E-state index in [0.29, 0.717) is 5.56 Å². The topological polar surface area (TPSA) is 54.9 Å². The first-order valence-corrected chi connectivity index (χ1v) is 9.38. The first-order chi connectivity index (χ1) is 12.2. The van der Waals surface area contributed by atoms with Crippen molar-refractivity contribution in [1.82, 2.24) is 9.97 Å². The molecule has 0 atom stereocenters. The number of rotatable bonds is 3. The van der Waals surface area contributed by atoms with E-state index in [1.807, 2.05) is 30.5 Å². The summed E-state index contributed by atoms with van der Waals surface area (Å²) >= 11 is 0. The van der Waals surface area contributed by atoms with Crippen LogP contribution >= 0.6 is 0 Å². The maximum Gasteiger partial charge on any atom is 0.255 e. The van der Waals surface area contributed by atoms with Gasteiger partial charge in [0, 0.05) is 29.1 Å². The van der Waals surface area contributed by atoms with Crippen molar-refractivity contribution in [3.63, 3.8) is 0 Å². The standard InChI is InChI=1S/C21H23N3O/c25-20(24-18-2-1-4-22-13-18)17-3-5-23-19(9-17)21-10-14-6-15(11-21)8-16(7-14)12-21/h1-5,9,13-16H,6-8,10-12H2,(H,24,25). The van der Waals surface area contributed by atoms with E-state index in [1.165, 1.54) is 38.5 Å². The molecule has 128 valence electrons. The lowest BCUT2D eigenvalue weighted by Gasteiger charge is -2.56. The Hall–Kier alpha value is -2.23. The van der Waals surface area contributed by atoms with Gasteiger partial charge >= 0.3 is 0 Å². The van der Waals surface area contributed by atoms with Crippen LogP contribution in [-0.4, -0.2) is 15.9 Å². The van der Waals surface area contributed by atoms with Gasteiger partial charge in [-0.15, -0.1) is 0 Å². The molecule has 4 nitrogen and oxygen atoms in total. The molecule has 4 aliphatic rings. The van der Waals surface area contributed by atoms with E-state index in [2.05, 4.69) is 10.3 Å². The van der Waals surface area contributed by atoms with Crippen LogP contribution in [0.2, 0.25) is 0 Å². The minimum Gasteiger partial charge on any atom is -0.321 e. The maximum atomic E-state index is 12.6. The zero-order valence-corrected chi connectivity index (χ0v) is 14.3. The first kappa shape index (κ1) is 15.1. The zero-order chi connectivity index (χ0) is 16.9. The Balaban J connectivity index is 1.42. The van der Waals surface area contributed by atoms with E-state index in [1.54, 1.807) is 12.4 Å². The van der Waals surface area contributed by atoms with Gasteiger partial charge in [0.25, 0.3) is 5.91 Å². The summed E-state index contributed by atoms with van der Waals surface area (Å²) in [4.78, 5) is 21.4. The number of anilines is 1. The average molecular weight is 333 g/mol. The summed E-state index contributed by atoms with van der Waals surface area (Å²) in [5.41, 5.74) is 2.79. The molecule has 6 rings (SSSR count). The smallest absolute Gasteiger partial charge is 0.255 e. The third kappa shape index (κ3) is 2.64. The lowest BCUT2D eigenvalue weighted by atomic mass is 9.48. The molecule has 0 radical (unpaired) electrons. The van der Waals surface area contributed by atoms with Crippen molar-refractivity contribution >= 4 is 11.6 Å². The molecule has 0 unspecified atom stereocenters. The Bertz CT molecular complexity index is 767. The number of nitrogens with zero attached hydrogens (tertiary/aromatic N) is 2. The largest absolute Gasteiger partial charge is 0.321 e. The van der Waals surface area contributed by atoms with Gasteiger partial charge < -0.3 is 5.32 Å². The molecule has 4 aliphatic carbocycles. The molecule has 2 aromatic heterocycles. The normalized spacial score (nSPS) is 32.6. The Morgan fingerprint density at radius 3 is 2.40 bits per heavy atom. The Kier molecular flexibility index (Phi) is 3.40. The SMILES string of the molecule is O=C(Nc1cccnc1)c1ccnc(C23CC4CC(CC(C4)C2)C3)c1. The van der Waals surface area contributed by atoms with Crippen molar-refractivity contribution in [3.8, 4) is 0 Å². The molecule has 4 fully saturated rings. The van der Waals surface area contributed by atoms with Gasteiger partial charge in [-0.1, -0.05) is 0 Å². The summed E-state index contributed by atoms with van der Waals surface area (Å²) in [6, 6.07) is 7.53. The van der Waals surface area contributed by atoms with Crippen LogP contribution < -0.4 is 5.32 Å². The lowest BCUT2D eigenvalue weighted by Crippen LogP contribution is -2.49. The van der Waals surface area contributed by atoms with E-state index in [4.69, 9.17) is 4.98 Å². The van der Waals surface area contributed by atoms with E-state index >= 15 is 0 Å². The van der Waals surface area contributed by atoms with Crippen molar-refractivity contribution in [2.45, 2.75) is 43.9 Å². The fourth-order valence-electron chi connectivity index (χ4n) is 5.93. The molecule has 0 aromatic carbocycles. The van der Waals surface area contributed by atoms with E-state index in [0.717, 1.165) is 29.1 Å². The predicted molar refractivity (Wildman–Crippen MR) is 96.3 cm³/mol. The summed E-state index contributed by atoms with van der Waals surface area (Å²) < 4.78 is 0. The molecule has 4 heteroatoms. The van der Waals surface area contributed by atoms with Gasteiger partial charge in [-0.3, -0.25) is 14.8 Å². The van der Waals surface area contributed by atoms with Crippen LogP contribution in [0.4, 0.5) is 5.69 Å². The molecule has 2 heterocycles. The summed E-state index contributed by atoms with van der Waals surface area (Å²) in [7, 11) is 0. The lowest BCUT2D eigenvalue weighted by molar-refractivity contribution is -0.00721. The number of nitrogens with one attached hydrogen (secondary N) is 1. The molecule has 0 saturated heterocycles. The molecule has 4 saturated carbocycles. The van der Waals surface area contributed by atoms with E-state index in [9.17, 15) is 4.79 Å². The van der Waals surface area contributed by atoms with Crippen molar-refractivity contribution in [1.29, 1.82) is 0 Å². The molecule has 2 aromatic rings. The highest BCUT2D eigenvalue weighted by Gasteiger charge is 2.52. The highest BCUT2D eigenvalue weighted by Crippen LogP contribution is 2.60. The fraction of sp³-hybridized carbons (Fsp3) is 0.476. The second-order valence-electron chi connectivity index (χ2n) is 8.32. The quantitative estimate of drug-likeness (QED) is 0.916. The van der Waals surface area contributed by atoms with Gasteiger partial charge in [0.15, 0.2) is 0 Å². The molecule has 0 aliphatic heterocycles. The number of aromatic nitrogens is 2. The molecule has 25 heavy (non-hydrogen) atoms.